The summed E-state index contributed by atoms with van der Waals surface area (Å²) in [5, 5.41) is 90.2. The number of amides is 3. The molecule has 0 saturated carbocycles. The Labute approximate surface area is 758 Å². The molecule has 0 spiro atoms. The lowest BCUT2D eigenvalue weighted by atomic mass is 9.95. The van der Waals surface area contributed by atoms with Gasteiger partial charge in [-0.05, 0) is 155 Å². The van der Waals surface area contributed by atoms with Gasteiger partial charge in [-0.2, -0.15) is 15.8 Å². The first-order valence-electron chi connectivity index (χ1n) is 46.6. The molecule has 7 aromatic rings. The third-order valence-electron chi connectivity index (χ3n) is 24.8. The summed E-state index contributed by atoms with van der Waals surface area (Å²) >= 11 is 0. The summed E-state index contributed by atoms with van der Waals surface area (Å²) in [5.74, 6) is -0.216. The number of carbonyl (C=O) groups is 3. The third-order valence-corrected chi connectivity index (χ3v) is 24.8. The number of carbonyl (C=O) groups excluding carboxylic acids is 3. The number of hydrogen-bond donors (Lipinski definition) is 5. The van der Waals surface area contributed by atoms with Crippen LogP contribution in [0.5, 0.6) is 23.5 Å². The van der Waals surface area contributed by atoms with E-state index in [-0.39, 0.29) is 87.1 Å². The highest BCUT2D eigenvalue weighted by atomic mass is 16.3. The van der Waals surface area contributed by atoms with Crippen LogP contribution in [-0.2, 0) is 26.2 Å². The van der Waals surface area contributed by atoms with Crippen LogP contribution in [0.4, 0.5) is 34.1 Å². The van der Waals surface area contributed by atoms with E-state index in [1.165, 1.54) is 78.4 Å². The predicted octanol–water partition coefficient (Wildman–Crippen LogP) is 22.4. The Morgan fingerprint density at radius 2 is 0.672 bits per heavy atom. The van der Waals surface area contributed by atoms with E-state index in [4.69, 9.17) is 17.6 Å². The predicted molar refractivity (Wildman–Crippen MR) is 508 cm³/mol. The molecule has 4 heterocycles. The number of anilines is 1. The SMILES string of the molecule is CCCCC(CC)CN(CC(CC)CCCC)C(=O)c1ccccc1N.CCCCC(CC)CN(CC(CC)CCCC)C(=O)c1ccccc1N=Nc1c(C)c(C#N)c(O)n(CCn2c(O)c(C#N)c(C)c(N=Nc3ccccc3C(=O)N(CC(CC)CCCC)CC(CC)CCCC)c2=O)c1=O.[C-]#[N+]c1c(C)cc(=O)n(CCn2c(O)c(C#N)c(C)cc2=O)c1O. The summed E-state index contributed by atoms with van der Waals surface area (Å²) in [6.07, 6.45) is 25.9. The molecule has 4 aromatic heterocycles. The van der Waals surface area contributed by atoms with Gasteiger partial charge in [-0.1, -0.05) is 235 Å². The van der Waals surface area contributed by atoms with Crippen molar-refractivity contribution in [2.45, 2.75) is 291 Å². The van der Waals surface area contributed by atoms with Crippen molar-refractivity contribution >= 4 is 51.8 Å². The van der Waals surface area contributed by atoms with Gasteiger partial charge < -0.3 is 40.9 Å². The maximum Gasteiger partial charge on any atom is 0.281 e. The molecule has 0 aliphatic heterocycles. The van der Waals surface area contributed by atoms with Crippen LogP contribution in [0, 0.1) is 104 Å². The minimum absolute atomic E-state index is 0.0306. The molecule has 692 valence electrons. The van der Waals surface area contributed by atoms with Gasteiger partial charge in [0.2, 0.25) is 23.3 Å². The van der Waals surface area contributed by atoms with E-state index in [1.54, 1.807) is 48.5 Å². The van der Waals surface area contributed by atoms with E-state index in [0.29, 0.717) is 95.2 Å². The number of azo groups is 2. The molecule has 0 aliphatic rings. The molecule has 27 nitrogen and oxygen atoms in total. The molecule has 6 unspecified atom stereocenters. The molecule has 3 amide bonds. The Bertz CT molecular complexity index is 4950. The number of nitrogens with two attached hydrogens (primary N) is 1. The van der Waals surface area contributed by atoms with Crippen LogP contribution in [0.3, 0.4) is 0 Å². The summed E-state index contributed by atoms with van der Waals surface area (Å²) in [4.78, 5) is 104. The number of benzene rings is 3. The van der Waals surface area contributed by atoms with Gasteiger partial charge in [-0.3, -0.25) is 51.8 Å². The Balaban J connectivity index is 0.000000465. The van der Waals surface area contributed by atoms with Crippen LogP contribution in [0.2, 0.25) is 0 Å². The Hall–Kier alpha value is -12.0. The topological polar surface area (TPSA) is 381 Å². The second-order valence-electron chi connectivity index (χ2n) is 33.9. The number of para-hydroxylation sites is 1. The Morgan fingerprint density at radius 3 is 0.969 bits per heavy atom. The van der Waals surface area contributed by atoms with Crippen molar-refractivity contribution in [3.8, 4) is 41.7 Å². The fourth-order valence-electron chi connectivity index (χ4n) is 16.1. The second kappa shape index (κ2) is 55.6. The normalized spacial score (nSPS) is 12.6. The number of nitrogen functional groups attached to an aromatic ring is 1. The van der Waals surface area contributed by atoms with E-state index in [0.717, 1.165) is 147 Å². The van der Waals surface area contributed by atoms with Gasteiger partial charge in [0.15, 0.2) is 17.3 Å². The number of rotatable bonds is 49. The molecule has 3 aromatic carbocycles. The number of hydrogen-bond acceptors (Lipinski definition) is 19. The first kappa shape index (κ1) is 107. The van der Waals surface area contributed by atoms with Gasteiger partial charge in [-0.15, -0.1) is 20.5 Å². The minimum Gasteiger partial charge on any atom is -0.503 e. The zero-order chi connectivity index (χ0) is 94.7. The van der Waals surface area contributed by atoms with Crippen molar-refractivity contribution in [2.75, 3.05) is 45.0 Å². The van der Waals surface area contributed by atoms with Crippen molar-refractivity contribution in [3.05, 3.63) is 193 Å². The van der Waals surface area contributed by atoms with E-state index >= 15 is 0 Å². The minimum atomic E-state index is -0.858. The van der Waals surface area contributed by atoms with E-state index in [9.17, 15) is 64.5 Å². The molecule has 128 heavy (non-hydrogen) atoms. The van der Waals surface area contributed by atoms with Gasteiger partial charge >= 0.3 is 0 Å². The summed E-state index contributed by atoms with van der Waals surface area (Å²) in [6.45, 7) is 42.2. The molecule has 0 radical (unpaired) electrons. The first-order chi connectivity index (χ1) is 61.5. The molecule has 0 aliphatic carbocycles. The zero-order valence-electron chi connectivity index (χ0n) is 79.0. The number of nitrogens with zero attached hydrogens (tertiary/aromatic N) is 15. The first-order valence-corrected chi connectivity index (χ1v) is 46.6. The van der Waals surface area contributed by atoms with Crippen LogP contribution in [0.25, 0.3) is 4.85 Å². The summed E-state index contributed by atoms with van der Waals surface area (Å²) in [6, 6.07) is 29.3. The molecule has 27 heteroatoms. The number of aryl methyl sites for hydroxylation is 2. The largest absolute Gasteiger partial charge is 0.503 e. The fourth-order valence-corrected chi connectivity index (χ4v) is 16.1. The van der Waals surface area contributed by atoms with E-state index < -0.39 is 58.8 Å². The average Bonchev–Trinajstić information content (AvgIpc) is 0.809. The average molecular weight is 1760 g/mol. The summed E-state index contributed by atoms with van der Waals surface area (Å²) in [5.41, 5.74) is 5.24. The second-order valence-corrected chi connectivity index (χ2v) is 33.9. The molecular formula is C101H142N16O11. The van der Waals surface area contributed by atoms with Crippen LogP contribution in [0.15, 0.2) is 125 Å². The lowest BCUT2D eigenvalue weighted by Crippen LogP contribution is -2.39. The van der Waals surface area contributed by atoms with Crippen molar-refractivity contribution in [3.63, 3.8) is 0 Å². The monoisotopic (exact) mass is 1760 g/mol. The number of unbranched alkanes of at least 4 members (excludes halogenated alkanes) is 6. The zero-order valence-corrected chi connectivity index (χ0v) is 79.0. The summed E-state index contributed by atoms with van der Waals surface area (Å²) < 4.78 is 3.59. The van der Waals surface area contributed by atoms with Crippen LogP contribution >= 0.6 is 0 Å². The van der Waals surface area contributed by atoms with Gasteiger partial charge in [0, 0.05) is 88.3 Å². The maximum atomic E-state index is 14.6. The van der Waals surface area contributed by atoms with Crippen molar-refractivity contribution in [2.24, 2.45) is 56.0 Å². The lowest BCUT2D eigenvalue weighted by molar-refractivity contribution is 0.0679. The van der Waals surface area contributed by atoms with Crippen molar-refractivity contribution in [1.29, 1.82) is 15.8 Å². The molecule has 0 bridgehead atoms. The quantitative estimate of drug-likeness (QED) is 0.0134. The number of pyridine rings is 4. The number of nitriles is 3. The molecule has 7 rings (SSSR count). The van der Waals surface area contributed by atoms with E-state index in [1.807, 2.05) is 52.3 Å². The highest BCUT2D eigenvalue weighted by Crippen LogP contribution is 2.35. The van der Waals surface area contributed by atoms with Crippen molar-refractivity contribution < 1.29 is 34.8 Å². The third kappa shape index (κ3) is 29.8. The Kier molecular flexibility index (Phi) is 46.3. The van der Waals surface area contributed by atoms with Crippen molar-refractivity contribution in [1.82, 2.24) is 33.0 Å². The van der Waals surface area contributed by atoms with Crippen LogP contribution < -0.4 is 28.0 Å². The van der Waals surface area contributed by atoms with Crippen LogP contribution in [-0.4, -0.2) is 110 Å². The number of aromatic hydroxyl groups is 4. The molecule has 6 N–H and O–H groups in total. The lowest BCUT2D eigenvalue weighted by Gasteiger charge is -2.31. The highest BCUT2D eigenvalue weighted by Gasteiger charge is 2.31. The van der Waals surface area contributed by atoms with Gasteiger partial charge in [0.25, 0.3) is 40.0 Å². The molecular weight excluding hydrogens is 1610 g/mol. The van der Waals surface area contributed by atoms with Gasteiger partial charge in [0.05, 0.1) is 34.6 Å². The van der Waals surface area contributed by atoms with Gasteiger partial charge in [0.1, 0.15) is 34.9 Å². The van der Waals surface area contributed by atoms with E-state index in [2.05, 4.69) is 113 Å². The molecule has 6 atom stereocenters. The smallest absolute Gasteiger partial charge is 0.281 e. The fraction of sp³-hybridized carbons (Fsp3) is 0.554. The number of aromatic nitrogens is 4. The summed E-state index contributed by atoms with van der Waals surface area (Å²) in [7, 11) is 0. The molecule has 0 fully saturated rings. The maximum absolute atomic E-state index is 14.6. The highest BCUT2D eigenvalue weighted by molar-refractivity contribution is 6.00. The molecule has 0 saturated heterocycles. The van der Waals surface area contributed by atoms with Crippen LogP contribution in [0.1, 0.15) is 307 Å². The Morgan fingerprint density at radius 1 is 0.398 bits per heavy atom. The standard InChI is InChI=1S/C62H88N10O6.C23H40N2O.C16H14N4O4/c1-11-19-27-45(15-5)39-69(40-46(16-6)28-20-12-2)57(73)49-31-23-25-33-53(49)65-67-55-43(9)51(37-63)59(75)71(61(55)77)35-36-72-60(76)52(38-64)44(10)56(62(72)78)68-66-54-34-26-24-32-50(54)58(74)70(41-47(17-7)29-21-13-3)42-48(18-8)30-22-14-4;1-5-9-13-19(7-3)17-25(18-20(8-4)14-10-6-2)23(26)21-15-11-12-16-22(21)24;1-9-6-12(21)19(15(23)11(9)8-17)4-5-20-13(22)7-10(2)14(18-3)16(20)24/h23-26,31-34,45-48,75-76H,11-22,27-30,35-36,39-42H2,1-10H3;11-12,15-16,19-20H,5-10,13-14,17-18,24H2,1-4H3;6-7,23-24H,4-5H2,1-2H3. The van der Waals surface area contributed by atoms with Gasteiger partial charge in [-0.25, -0.2) is 4.85 Å².